The van der Waals surface area contributed by atoms with E-state index in [1.807, 2.05) is 13.8 Å². The van der Waals surface area contributed by atoms with Crippen molar-refractivity contribution in [2.45, 2.75) is 26.9 Å². The van der Waals surface area contributed by atoms with Crippen LogP contribution in [0, 0.1) is 5.92 Å². The summed E-state index contributed by atoms with van der Waals surface area (Å²) in [5, 5.41) is 3.75. The minimum Gasteiger partial charge on any atom is -0.391 e. The molecule has 0 aliphatic carbocycles. The molecule has 0 N–H and O–H groups in total. The zero-order chi connectivity index (χ0) is 12.0. The highest BCUT2D eigenvalue weighted by Gasteiger charge is 2.05. The summed E-state index contributed by atoms with van der Waals surface area (Å²) in [7, 11) is 0. The number of rotatable bonds is 5. The largest absolute Gasteiger partial charge is 0.391 e. The third kappa shape index (κ3) is 4.38. The zero-order valence-electron chi connectivity index (χ0n) is 9.36. The molecule has 0 saturated carbocycles. The third-order valence-corrected chi connectivity index (χ3v) is 1.90. The Morgan fingerprint density at radius 2 is 1.88 bits per heavy atom. The molecule has 0 aromatic heterocycles. The molecule has 1 aromatic carbocycles. The van der Waals surface area contributed by atoms with Gasteiger partial charge in [-0.1, -0.05) is 43.3 Å². The molecule has 0 fully saturated rings. The monoisotopic (exact) mass is 227 g/mol. The average Bonchev–Trinajstić information content (AvgIpc) is 2.25. The first-order valence-corrected chi connectivity index (χ1v) is 5.12. The van der Waals surface area contributed by atoms with Crippen LogP contribution in [0.2, 0.25) is 0 Å². The van der Waals surface area contributed by atoms with Crippen LogP contribution in [0.3, 0.4) is 0 Å². The lowest BCUT2D eigenvalue weighted by Crippen LogP contribution is -1.92. The lowest BCUT2D eigenvalue weighted by molar-refractivity contribution is 0.130. The molecule has 0 unspecified atom stereocenters. The minimum atomic E-state index is -2.42. The second kappa shape index (κ2) is 6.20. The van der Waals surface area contributed by atoms with E-state index in [9.17, 15) is 8.78 Å². The Hall–Kier alpha value is -1.45. The maximum atomic E-state index is 12.2. The van der Waals surface area contributed by atoms with E-state index >= 15 is 0 Å². The first kappa shape index (κ1) is 12.6. The second-order valence-electron chi connectivity index (χ2n) is 3.81. The van der Waals surface area contributed by atoms with Crippen molar-refractivity contribution in [1.82, 2.24) is 0 Å². The Bertz CT molecular complexity index is 333. The molecule has 0 spiro atoms. The van der Waals surface area contributed by atoms with Crippen LogP contribution in [-0.4, -0.2) is 6.21 Å². The van der Waals surface area contributed by atoms with Gasteiger partial charge in [-0.05, 0) is 11.5 Å². The quantitative estimate of drug-likeness (QED) is 0.554. The van der Waals surface area contributed by atoms with Crippen LogP contribution < -0.4 is 0 Å². The molecule has 0 amide bonds. The molecular weight excluding hydrogens is 212 g/mol. The maximum absolute atomic E-state index is 12.2. The van der Waals surface area contributed by atoms with Crippen molar-refractivity contribution >= 4 is 6.21 Å². The van der Waals surface area contributed by atoms with Crippen LogP contribution in [0.5, 0.6) is 0 Å². The van der Waals surface area contributed by atoms with Crippen LogP contribution in [0.4, 0.5) is 8.78 Å². The van der Waals surface area contributed by atoms with Gasteiger partial charge < -0.3 is 4.84 Å². The van der Waals surface area contributed by atoms with Gasteiger partial charge in [0.15, 0.2) is 0 Å². The van der Waals surface area contributed by atoms with Gasteiger partial charge in [-0.3, -0.25) is 0 Å². The van der Waals surface area contributed by atoms with Crippen molar-refractivity contribution in [2.24, 2.45) is 11.1 Å². The molecule has 4 heteroatoms. The molecule has 0 heterocycles. The minimum absolute atomic E-state index is 0.0226. The number of hydrogen-bond acceptors (Lipinski definition) is 2. The third-order valence-electron chi connectivity index (χ3n) is 1.90. The Morgan fingerprint density at radius 1 is 1.25 bits per heavy atom. The fourth-order valence-electron chi connectivity index (χ4n) is 1.04. The van der Waals surface area contributed by atoms with E-state index in [4.69, 9.17) is 4.84 Å². The van der Waals surface area contributed by atoms with Gasteiger partial charge in [0.05, 0.1) is 0 Å². The van der Waals surface area contributed by atoms with E-state index in [-0.39, 0.29) is 5.56 Å². The predicted octanol–water partition coefficient (Wildman–Crippen LogP) is 3.78. The van der Waals surface area contributed by atoms with Crippen LogP contribution in [0.15, 0.2) is 29.4 Å². The highest BCUT2D eigenvalue weighted by atomic mass is 19.3. The highest BCUT2D eigenvalue weighted by molar-refractivity contribution is 5.58. The second-order valence-corrected chi connectivity index (χ2v) is 3.81. The number of nitrogens with zero attached hydrogens (tertiary/aromatic N) is 1. The van der Waals surface area contributed by atoms with Gasteiger partial charge in [0.1, 0.15) is 6.61 Å². The highest BCUT2D eigenvalue weighted by Crippen LogP contribution is 2.18. The summed E-state index contributed by atoms with van der Waals surface area (Å²) in [5.41, 5.74) is 0.847. The first-order chi connectivity index (χ1) is 7.59. The summed E-state index contributed by atoms with van der Waals surface area (Å²) >= 11 is 0. The normalized spacial score (nSPS) is 11.6. The Balaban J connectivity index is 2.43. The smallest absolute Gasteiger partial charge is 0.263 e. The van der Waals surface area contributed by atoms with E-state index in [2.05, 4.69) is 5.16 Å². The fourth-order valence-corrected chi connectivity index (χ4v) is 1.04. The standard InChI is InChI=1S/C12H15F2NO/c1-9(2)7-15-16-8-10-3-5-11(6-4-10)12(13)14/h3-7,9,12H,8H2,1-2H3. The molecule has 1 aromatic rings. The van der Waals surface area contributed by atoms with Crippen molar-refractivity contribution in [3.8, 4) is 0 Å². The Morgan fingerprint density at radius 3 is 2.38 bits per heavy atom. The molecule has 0 saturated heterocycles. The number of halogens is 2. The van der Waals surface area contributed by atoms with Crippen LogP contribution in [0.1, 0.15) is 31.4 Å². The lowest BCUT2D eigenvalue weighted by atomic mass is 10.1. The van der Waals surface area contributed by atoms with E-state index in [1.54, 1.807) is 18.3 Å². The van der Waals surface area contributed by atoms with Gasteiger partial charge in [-0.15, -0.1) is 0 Å². The van der Waals surface area contributed by atoms with Crippen molar-refractivity contribution in [1.29, 1.82) is 0 Å². The topological polar surface area (TPSA) is 21.6 Å². The number of alkyl halides is 2. The van der Waals surface area contributed by atoms with Gasteiger partial charge in [0.2, 0.25) is 0 Å². The van der Waals surface area contributed by atoms with Gasteiger partial charge in [-0.25, -0.2) is 8.78 Å². The fraction of sp³-hybridized carbons (Fsp3) is 0.417. The number of benzene rings is 1. The van der Waals surface area contributed by atoms with Crippen molar-refractivity contribution in [3.63, 3.8) is 0 Å². The van der Waals surface area contributed by atoms with E-state index < -0.39 is 6.43 Å². The van der Waals surface area contributed by atoms with Crippen LogP contribution in [-0.2, 0) is 11.4 Å². The van der Waals surface area contributed by atoms with Gasteiger partial charge in [0.25, 0.3) is 6.43 Å². The Kier molecular flexibility index (Phi) is 4.89. The summed E-state index contributed by atoms with van der Waals surface area (Å²) in [6.07, 6.45) is -0.734. The van der Waals surface area contributed by atoms with Gasteiger partial charge in [0, 0.05) is 11.8 Å². The summed E-state index contributed by atoms with van der Waals surface area (Å²) in [6.45, 7) is 4.28. The molecule has 0 aliphatic rings. The van der Waals surface area contributed by atoms with E-state index in [1.165, 1.54) is 12.1 Å². The van der Waals surface area contributed by atoms with Crippen LogP contribution in [0.25, 0.3) is 0 Å². The maximum Gasteiger partial charge on any atom is 0.263 e. The summed E-state index contributed by atoms with van der Waals surface area (Å²) < 4.78 is 24.5. The molecule has 16 heavy (non-hydrogen) atoms. The van der Waals surface area contributed by atoms with Crippen molar-refractivity contribution in [2.75, 3.05) is 0 Å². The molecule has 0 atom stereocenters. The summed E-state index contributed by atoms with van der Waals surface area (Å²) in [6, 6.07) is 6.03. The molecule has 2 nitrogen and oxygen atoms in total. The molecular formula is C12H15F2NO. The molecule has 0 bridgehead atoms. The number of hydrogen-bond donors (Lipinski definition) is 0. The summed E-state index contributed by atoms with van der Waals surface area (Å²) in [4.78, 5) is 5.01. The molecule has 88 valence electrons. The van der Waals surface area contributed by atoms with Crippen LogP contribution >= 0.6 is 0 Å². The van der Waals surface area contributed by atoms with E-state index in [0.717, 1.165) is 5.56 Å². The van der Waals surface area contributed by atoms with Gasteiger partial charge in [-0.2, -0.15) is 0 Å². The summed E-state index contributed by atoms with van der Waals surface area (Å²) in [5.74, 6) is 0.334. The lowest BCUT2D eigenvalue weighted by Gasteiger charge is -2.02. The van der Waals surface area contributed by atoms with E-state index in [0.29, 0.717) is 12.5 Å². The zero-order valence-corrected chi connectivity index (χ0v) is 9.36. The van der Waals surface area contributed by atoms with Gasteiger partial charge >= 0.3 is 0 Å². The van der Waals surface area contributed by atoms with Crippen molar-refractivity contribution in [3.05, 3.63) is 35.4 Å². The SMILES string of the molecule is CC(C)C=NOCc1ccc(C(F)F)cc1. The number of oxime groups is 1. The first-order valence-electron chi connectivity index (χ1n) is 5.12. The Labute approximate surface area is 93.9 Å². The molecule has 1 rings (SSSR count). The predicted molar refractivity (Wildman–Crippen MR) is 59.5 cm³/mol. The van der Waals surface area contributed by atoms with Crippen molar-refractivity contribution < 1.29 is 13.6 Å². The molecule has 0 aliphatic heterocycles. The molecule has 0 radical (unpaired) electrons. The average molecular weight is 227 g/mol.